The summed E-state index contributed by atoms with van der Waals surface area (Å²) in [7, 11) is 0. The lowest BCUT2D eigenvalue weighted by atomic mass is 9.99. The van der Waals surface area contributed by atoms with E-state index in [1.807, 2.05) is 0 Å². The van der Waals surface area contributed by atoms with E-state index >= 15 is 0 Å². The van der Waals surface area contributed by atoms with Crippen molar-refractivity contribution in [1.82, 2.24) is 15.2 Å². The Morgan fingerprint density at radius 2 is 2.14 bits per heavy atom. The largest absolute Gasteiger partial charge is 0.352 e. The predicted molar refractivity (Wildman–Crippen MR) is 88.3 cm³/mol. The molecule has 21 heavy (non-hydrogen) atoms. The summed E-state index contributed by atoms with van der Waals surface area (Å²) in [6, 6.07) is 1.79. The summed E-state index contributed by atoms with van der Waals surface area (Å²) in [5.74, 6) is 0.843. The molecule has 2 heterocycles. The van der Waals surface area contributed by atoms with Gasteiger partial charge in [-0.2, -0.15) is 0 Å². The van der Waals surface area contributed by atoms with Crippen LogP contribution >= 0.6 is 15.9 Å². The van der Waals surface area contributed by atoms with E-state index in [1.165, 1.54) is 25.9 Å². The molecule has 1 saturated heterocycles. The summed E-state index contributed by atoms with van der Waals surface area (Å²) < 4.78 is 0.828. The second-order valence-corrected chi connectivity index (χ2v) is 6.79. The minimum absolute atomic E-state index is 0.0457. The number of likely N-dealkylation sites (tertiary alicyclic amines) is 1. The van der Waals surface area contributed by atoms with E-state index in [2.05, 4.69) is 38.1 Å². The molecule has 0 bridgehead atoms. The van der Waals surface area contributed by atoms with Gasteiger partial charge < -0.3 is 10.2 Å². The fraction of sp³-hybridized carbons (Fsp3) is 0.625. The molecule has 1 aliphatic rings. The van der Waals surface area contributed by atoms with E-state index < -0.39 is 0 Å². The topological polar surface area (TPSA) is 45.2 Å². The van der Waals surface area contributed by atoms with Crippen LogP contribution in [0.3, 0.4) is 0 Å². The first kappa shape index (κ1) is 16.4. The second-order valence-electron chi connectivity index (χ2n) is 5.88. The van der Waals surface area contributed by atoms with E-state index in [4.69, 9.17) is 0 Å². The molecule has 116 valence electrons. The predicted octanol–water partition coefficient (Wildman–Crippen LogP) is 3.09. The third-order valence-electron chi connectivity index (χ3n) is 4.03. The molecule has 0 atom stereocenters. The number of nitrogens with one attached hydrogen (secondary N) is 1. The SMILES string of the molecule is CC1CCN(CCCCNC(=O)c2cncc(Br)c2)CC1. The highest BCUT2D eigenvalue weighted by Crippen LogP contribution is 2.16. The van der Waals surface area contributed by atoms with Gasteiger partial charge in [0.05, 0.1) is 5.56 Å². The molecular formula is C16H24BrN3O. The van der Waals surface area contributed by atoms with E-state index in [-0.39, 0.29) is 5.91 Å². The van der Waals surface area contributed by atoms with Crippen LogP contribution in [0.25, 0.3) is 0 Å². The molecule has 1 amide bonds. The molecule has 0 aromatic carbocycles. The first-order chi connectivity index (χ1) is 10.1. The van der Waals surface area contributed by atoms with Gasteiger partial charge in [0.2, 0.25) is 0 Å². The van der Waals surface area contributed by atoms with Crippen molar-refractivity contribution < 1.29 is 4.79 Å². The molecular weight excluding hydrogens is 330 g/mol. The minimum atomic E-state index is -0.0457. The highest BCUT2D eigenvalue weighted by atomic mass is 79.9. The Morgan fingerprint density at radius 3 is 2.86 bits per heavy atom. The average Bonchev–Trinajstić information content (AvgIpc) is 2.48. The van der Waals surface area contributed by atoms with E-state index in [9.17, 15) is 4.79 Å². The number of hydrogen-bond acceptors (Lipinski definition) is 3. The van der Waals surface area contributed by atoms with E-state index in [0.717, 1.165) is 36.3 Å². The van der Waals surface area contributed by atoms with Gasteiger partial charge in [0.1, 0.15) is 0 Å². The number of aromatic nitrogens is 1. The zero-order valence-electron chi connectivity index (χ0n) is 12.6. The maximum atomic E-state index is 11.9. The van der Waals surface area contributed by atoms with Crippen molar-refractivity contribution in [2.75, 3.05) is 26.2 Å². The van der Waals surface area contributed by atoms with Crippen molar-refractivity contribution in [3.05, 3.63) is 28.5 Å². The maximum Gasteiger partial charge on any atom is 0.252 e. The molecule has 4 nitrogen and oxygen atoms in total. The number of halogens is 1. The van der Waals surface area contributed by atoms with Gasteiger partial charge in [-0.1, -0.05) is 6.92 Å². The molecule has 1 N–H and O–H groups in total. The number of carbonyl (C=O) groups excluding carboxylic acids is 1. The molecule has 1 aromatic heterocycles. The van der Waals surface area contributed by atoms with Gasteiger partial charge in [-0.3, -0.25) is 9.78 Å². The maximum absolute atomic E-state index is 11.9. The molecule has 0 radical (unpaired) electrons. The number of amides is 1. The number of carbonyl (C=O) groups is 1. The number of hydrogen-bond donors (Lipinski definition) is 1. The van der Waals surface area contributed by atoms with Crippen LogP contribution in [-0.4, -0.2) is 42.0 Å². The van der Waals surface area contributed by atoms with Crippen LogP contribution in [0.5, 0.6) is 0 Å². The zero-order valence-corrected chi connectivity index (χ0v) is 14.2. The number of rotatable bonds is 6. The van der Waals surface area contributed by atoms with Crippen LogP contribution in [0, 0.1) is 5.92 Å². The van der Waals surface area contributed by atoms with Crippen LogP contribution in [0.2, 0.25) is 0 Å². The molecule has 1 aromatic rings. The molecule has 5 heteroatoms. The van der Waals surface area contributed by atoms with Gasteiger partial charge in [0.15, 0.2) is 0 Å². The number of pyridine rings is 1. The molecule has 1 fully saturated rings. The Morgan fingerprint density at radius 1 is 1.38 bits per heavy atom. The molecule has 0 unspecified atom stereocenters. The highest BCUT2D eigenvalue weighted by Gasteiger charge is 2.14. The second kappa shape index (κ2) is 8.49. The van der Waals surface area contributed by atoms with Gasteiger partial charge in [-0.25, -0.2) is 0 Å². The van der Waals surface area contributed by atoms with Crippen molar-refractivity contribution in [2.45, 2.75) is 32.6 Å². The molecule has 0 spiro atoms. The lowest BCUT2D eigenvalue weighted by molar-refractivity contribution is 0.0951. The van der Waals surface area contributed by atoms with Crippen molar-refractivity contribution in [2.24, 2.45) is 5.92 Å². The summed E-state index contributed by atoms with van der Waals surface area (Å²) >= 11 is 3.32. The fourth-order valence-corrected chi connectivity index (χ4v) is 2.95. The number of piperidine rings is 1. The quantitative estimate of drug-likeness (QED) is 0.799. The van der Waals surface area contributed by atoms with Crippen LogP contribution in [0.1, 0.15) is 43.0 Å². The van der Waals surface area contributed by atoms with Gasteiger partial charge in [0.25, 0.3) is 5.91 Å². The van der Waals surface area contributed by atoms with Gasteiger partial charge in [0, 0.05) is 23.4 Å². The fourth-order valence-electron chi connectivity index (χ4n) is 2.59. The van der Waals surface area contributed by atoms with Crippen molar-refractivity contribution >= 4 is 21.8 Å². The summed E-state index contributed by atoms with van der Waals surface area (Å²) in [6.07, 6.45) is 8.09. The Kier molecular flexibility index (Phi) is 6.64. The first-order valence-electron chi connectivity index (χ1n) is 7.76. The Balaban J connectivity index is 1.58. The summed E-state index contributed by atoms with van der Waals surface area (Å²) in [5, 5.41) is 2.95. The van der Waals surface area contributed by atoms with Crippen molar-refractivity contribution in [1.29, 1.82) is 0 Å². The van der Waals surface area contributed by atoms with Gasteiger partial charge in [-0.15, -0.1) is 0 Å². The normalized spacial score (nSPS) is 16.9. The van der Waals surface area contributed by atoms with Crippen molar-refractivity contribution in [3.63, 3.8) is 0 Å². The van der Waals surface area contributed by atoms with Gasteiger partial charge in [-0.05, 0) is 73.2 Å². The molecule has 0 aliphatic carbocycles. The lowest BCUT2D eigenvalue weighted by Crippen LogP contribution is -2.34. The van der Waals surface area contributed by atoms with Crippen LogP contribution in [0.4, 0.5) is 0 Å². The molecule has 2 rings (SSSR count). The smallest absolute Gasteiger partial charge is 0.252 e. The van der Waals surface area contributed by atoms with Crippen LogP contribution < -0.4 is 5.32 Å². The summed E-state index contributed by atoms with van der Waals surface area (Å²) in [5.41, 5.74) is 0.606. The third-order valence-corrected chi connectivity index (χ3v) is 4.46. The zero-order chi connectivity index (χ0) is 15.1. The van der Waals surface area contributed by atoms with Crippen LogP contribution in [-0.2, 0) is 0 Å². The van der Waals surface area contributed by atoms with Gasteiger partial charge >= 0.3 is 0 Å². The minimum Gasteiger partial charge on any atom is -0.352 e. The lowest BCUT2D eigenvalue weighted by Gasteiger charge is -2.30. The third kappa shape index (κ3) is 5.75. The van der Waals surface area contributed by atoms with Crippen molar-refractivity contribution in [3.8, 4) is 0 Å². The highest BCUT2D eigenvalue weighted by molar-refractivity contribution is 9.10. The molecule has 0 saturated carbocycles. The van der Waals surface area contributed by atoms with E-state index in [0.29, 0.717) is 5.56 Å². The van der Waals surface area contributed by atoms with Crippen LogP contribution in [0.15, 0.2) is 22.9 Å². The Labute approximate surface area is 135 Å². The number of unbranched alkanes of at least 4 members (excludes halogenated alkanes) is 1. The average molecular weight is 354 g/mol. The Bertz CT molecular complexity index is 459. The first-order valence-corrected chi connectivity index (χ1v) is 8.55. The summed E-state index contributed by atoms with van der Waals surface area (Å²) in [6.45, 7) is 6.69. The monoisotopic (exact) mass is 353 g/mol. The standard InChI is InChI=1S/C16H24BrN3O/c1-13-4-8-20(9-5-13)7-3-2-6-19-16(21)14-10-15(17)12-18-11-14/h10-13H,2-9H2,1H3,(H,19,21). The molecule has 1 aliphatic heterocycles. The number of nitrogens with zero attached hydrogens (tertiary/aromatic N) is 2. The Hall–Kier alpha value is -0.940. The summed E-state index contributed by atoms with van der Waals surface area (Å²) in [4.78, 5) is 18.5. The van der Waals surface area contributed by atoms with E-state index in [1.54, 1.807) is 18.5 Å².